The number of aliphatic hydroxyl groups excluding tert-OH is 1. The molecule has 0 aliphatic heterocycles. The first-order valence-corrected chi connectivity index (χ1v) is 7.29. The van der Waals surface area contributed by atoms with Crippen molar-refractivity contribution in [2.24, 2.45) is 0 Å². The molecule has 0 fully saturated rings. The van der Waals surface area contributed by atoms with Crippen molar-refractivity contribution >= 4 is 22.6 Å². The molecule has 1 nitrogen and oxygen atoms in total. The van der Waals surface area contributed by atoms with Gasteiger partial charge in [-0.05, 0) is 51.8 Å². The molecule has 0 aliphatic carbocycles. The number of hydrogen-bond donors (Lipinski definition) is 1. The Labute approximate surface area is 123 Å². The Morgan fingerprint density at radius 2 is 1.61 bits per heavy atom. The average molecular weight is 354 g/mol. The summed E-state index contributed by atoms with van der Waals surface area (Å²) in [6, 6.07) is 16.6. The molecule has 2 aromatic carbocycles. The highest BCUT2D eigenvalue weighted by atomic mass is 127. The van der Waals surface area contributed by atoms with Gasteiger partial charge in [-0.1, -0.05) is 56.3 Å². The number of hydrogen-bond acceptors (Lipinski definition) is 1. The van der Waals surface area contributed by atoms with Crippen LogP contribution < -0.4 is 0 Å². The average Bonchev–Trinajstić information content (AvgIpc) is 2.44. The first kappa shape index (κ1) is 15.2. The molecular formula is C16H19IO. The van der Waals surface area contributed by atoms with Crippen molar-refractivity contribution in [2.45, 2.75) is 26.9 Å². The number of halogens is 1. The fourth-order valence-corrected chi connectivity index (χ4v) is 2.20. The molecule has 0 bridgehead atoms. The minimum absolute atomic E-state index is 0.112. The van der Waals surface area contributed by atoms with Crippen molar-refractivity contribution in [1.29, 1.82) is 0 Å². The van der Waals surface area contributed by atoms with Crippen LogP contribution in [0.15, 0.2) is 48.5 Å². The van der Waals surface area contributed by atoms with E-state index in [1.54, 1.807) is 0 Å². The molecule has 0 spiro atoms. The fourth-order valence-electron chi connectivity index (χ4n) is 1.69. The molecule has 0 aliphatic rings. The molecule has 2 rings (SSSR count). The topological polar surface area (TPSA) is 20.2 Å². The van der Waals surface area contributed by atoms with E-state index in [1.807, 2.05) is 19.9 Å². The summed E-state index contributed by atoms with van der Waals surface area (Å²) >= 11 is 2.25. The van der Waals surface area contributed by atoms with Gasteiger partial charge in [0.2, 0.25) is 0 Å². The van der Waals surface area contributed by atoms with Gasteiger partial charge in [-0.15, -0.1) is 0 Å². The molecule has 2 heteroatoms. The summed E-state index contributed by atoms with van der Waals surface area (Å²) in [5, 5.41) is 9.20. The molecule has 0 saturated carbocycles. The minimum atomic E-state index is 0.112. The van der Waals surface area contributed by atoms with Crippen molar-refractivity contribution in [2.75, 3.05) is 0 Å². The second-order valence-corrected chi connectivity index (χ2v) is 4.91. The molecule has 0 amide bonds. The Hall–Kier alpha value is -0.870. The highest BCUT2D eigenvalue weighted by Gasteiger charge is 2.01. The summed E-state index contributed by atoms with van der Waals surface area (Å²) in [5.41, 5.74) is 3.55. The van der Waals surface area contributed by atoms with Gasteiger partial charge >= 0.3 is 0 Å². The monoisotopic (exact) mass is 354 g/mol. The van der Waals surface area contributed by atoms with Gasteiger partial charge in [-0.2, -0.15) is 0 Å². The van der Waals surface area contributed by atoms with Crippen LogP contribution in [-0.4, -0.2) is 5.11 Å². The van der Waals surface area contributed by atoms with E-state index < -0.39 is 0 Å². The van der Waals surface area contributed by atoms with Crippen molar-refractivity contribution in [3.05, 3.63) is 68.8 Å². The largest absolute Gasteiger partial charge is 0.392 e. The van der Waals surface area contributed by atoms with Crippen molar-refractivity contribution in [3.8, 4) is 0 Å². The lowest BCUT2D eigenvalue weighted by atomic mass is 10.0. The van der Waals surface area contributed by atoms with E-state index >= 15 is 0 Å². The van der Waals surface area contributed by atoms with Gasteiger partial charge in [0.15, 0.2) is 0 Å². The lowest BCUT2D eigenvalue weighted by Gasteiger charge is -2.06. The SMILES string of the molecule is CC.OCc1cc(Cc2ccccc2)ccc1I. The second-order valence-electron chi connectivity index (χ2n) is 3.75. The van der Waals surface area contributed by atoms with Crippen molar-refractivity contribution in [1.82, 2.24) is 0 Å². The summed E-state index contributed by atoms with van der Waals surface area (Å²) < 4.78 is 1.12. The van der Waals surface area contributed by atoms with E-state index in [0.717, 1.165) is 15.6 Å². The molecule has 0 saturated heterocycles. The van der Waals surface area contributed by atoms with Gasteiger partial charge in [0.1, 0.15) is 0 Å². The summed E-state index contributed by atoms with van der Waals surface area (Å²) in [6.07, 6.45) is 0.921. The zero-order valence-corrected chi connectivity index (χ0v) is 13.0. The van der Waals surface area contributed by atoms with Gasteiger partial charge in [0.05, 0.1) is 6.61 Å². The Bertz CT molecular complexity index is 466. The van der Waals surface area contributed by atoms with Crippen LogP contribution in [0.2, 0.25) is 0 Å². The predicted molar refractivity (Wildman–Crippen MR) is 85.7 cm³/mol. The van der Waals surface area contributed by atoms with Crippen LogP contribution >= 0.6 is 22.6 Å². The van der Waals surface area contributed by atoms with Crippen molar-refractivity contribution < 1.29 is 5.11 Å². The van der Waals surface area contributed by atoms with Crippen LogP contribution in [0, 0.1) is 3.57 Å². The second kappa shape index (κ2) is 8.27. The molecule has 0 atom stereocenters. The third-order valence-corrected chi connectivity index (χ3v) is 3.58. The summed E-state index contributed by atoms with van der Waals surface area (Å²) in [7, 11) is 0. The quantitative estimate of drug-likeness (QED) is 0.810. The third kappa shape index (κ3) is 4.42. The van der Waals surface area contributed by atoms with Crippen LogP contribution in [0.1, 0.15) is 30.5 Å². The Morgan fingerprint density at radius 3 is 2.22 bits per heavy atom. The normalized spacial score (nSPS) is 9.56. The van der Waals surface area contributed by atoms with Gasteiger partial charge in [0, 0.05) is 3.57 Å². The first-order valence-electron chi connectivity index (χ1n) is 6.21. The van der Waals surface area contributed by atoms with E-state index in [-0.39, 0.29) is 6.61 Å². The van der Waals surface area contributed by atoms with Crippen LogP contribution in [0.3, 0.4) is 0 Å². The Kier molecular flexibility index (Phi) is 6.98. The molecular weight excluding hydrogens is 335 g/mol. The van der Waals surface area contributed by atoms with Crippen LogP contribution in [0.4, 0.5) is 0 Å². The molecule has 0 unspecified atom stereocenters. The number of aliphatic hydroxyl groups is 1. The van der Waals surface area contributed by atoms with Crippen LogP contribution in [-0.2, 0) is 13.0 Å². The van der Waals surface area contributed by atoms with Gasteiger partial charge in [-0.25, -0.2) is 0 Å². The van der Waals surface area contributed by atoms with Gasteiger partial charge in [-0.3, -0.25) is 0 Å². The van der Waals surface area contributed by atoms with Gasteiger partial charge < -0.3 is 5.11 Å². The fraction of sp³-hybridized carbons (Fsp3) is 0.250. The van der Waals surface area contributed by atoms with E-state index in [9.17, 15) is 5.11 Å². The third-order valence-electron chi connectivity index (χ3n) is 2.53. The van der Waals surface area contributed by atoms with E-state index in [4.69, 9.17) is 0 Å². The lowest BCUT2D eigenvalue weighted by Crippen LogP contribution is -1.93. The number of rotatable bonds is 3. The van der Waals surface area contributed by atoms with E-state index in [2.05, 4.69) is 65.1 Å². The zero-order chi connectivity index (χ0) is 13.4. The summed E-state index contributed by atoms with van der Waals surface area (Å²) in [4.78, 5) is 0. The molecule has 18 heavy (non-hydrogen) atoms. The maximum Gasteiger partial charge on any atom is 0.0692 e. The zero-order valence-electron chi connectivity index (χ0n) is 10.9. The summed E-state index contributed by atoms with van der Waals surface area (Å²) in [5.74, 6) is 0. The molecule has 0 radical (unpaired) electrons. The smallest absolute Gasteiger partial charge is 0.0692 e. The first-order chi connectivity index (χ1) is 8.79. The summed E-state index contributed by atoms with van der Waals surface area (Å²) in [6.45, 7) is 4.11. The molecule has 1 N–H and O–H groups in total. The lowest BCUT2D eigenvalue weighted by molar-refractivity contribution is 0.281. The standard InChI is InChI=1S/C14H13IO.C2H6/c15-14-7-6-12(9-13(14)10-16)8-11-4-2-1-3-5-11;1-2/h1-7,9,16H,8,10H2;1-2H3. The Balaban J connectivity index is 0.000000771. The molecule has 0 aromatic heterocycles. The minimum Gasteiger partial charge on any atom is -0.392 e. The highest BCUT2D eigenvalue weighted by molar-refractivity contribution is 14.1. The highest BCUT2D eigenvalue weighted by Crippen LogP contribution is 2.17. The number of benzene rings is 2. The van der Waals surface area contributed by atoms with E-state index in [1.165, 1.54) is 11.1 Å². The predicted octanol–water partition coefficient (Wildman–Crippen LogP) is 4.40. The van der Waals surface area contributed by atoms with Crippen LogP contribution in [0.25, 0.3) is 0 Å². The van der Waals surface area contributed by atoms with Gasteiger partial charge in [0.25, 0.3) is 0 Å². The molecule has 2 aromatic rings. The Morgan fingerprint density at radius 1 is 0.944 bits per heavy atom. The maximum atomic E-state index is 9.20. The maximum absolute atomic E-state index is 9.20. The molecule has 96 valence electrons. The van der Waals surface area contributed by atoms with E-state index in [0.29, 0.717) is 0 Å². The molecule has 0 heterocycles. The van der Waals surface area contributed by atoms with Crippen LogP contribution in [0.5, 0.6) is 0 Å². The van der Waals surface area contributed by atoms with Crippen molar-refractivity contribution in [3.63, 3.8) is 0 Å².